The molecule has 4 fully saturated rings. The zero-order valence-corrected chi connectivity index (χ0v) is 33.7. The summed E-state index contributed by atoms with van der Waals surface area (Å²) in [6.07, 6.45) is 11.4. The molecule has 7 rings (SSSR count). The van der Waals surface area contributed by atoms with Crippen molar-refractivity contribution >= 4 is 27.7 Å². The second-order valence-corrected chi connectivity index (χ2v) is 18.6. The lowest BCUT2D eigenvalue weighted by Crippen LogP contribution is -2.54. The van der Waals surface area contributed by atoms with E-state index < -0.39 is 33.6 Å². The maximum Gasteiger partial charge on any atom is 0.246 e. The summed E-state index contributed by atoms with van der Waals surface area (Å²) in [6.45, 7) is 4.34. The van der Waals surface area contributed by atoms with Gasteiger partial charge in [-0.15, -0.1) is 0 Å². The lowest BCUT2D eigenvalue weighted by atomic mass is 9.67. The Morgan fingerprint density at radius 1 is 0.679 bits per heavy atom. The number of hydrogen-bond donors (Lipinski definition) is 2. The van der Waals surface area contributed by atoms with Crippen LogP contribution in [0.1, 0.15) is 87.3 Å². The van der Waals surface area contributed by atoms with Crippen LogP contribution in [0.5, 0.6) is 0 Å². The summed E-state index contributed by atoms with van der Waals surface area (Å²) in [7, 11) is -3.62. The van der Waals surface area contributed by atoms with Crippen LogP contribution in [0.2, 0.25) is 0 Å². The summed E-state index contributed by atoms with van der Waals surface area (Å²) >= 11 is 0. The van der Waals surface area contributed by atoms with Crippen molar-refractivity contribution in [2.75, 3.05) is 45.5 Å². The van der Waals surface area contributed by atoms with Crippen LogP contribution in [0.4, 0.5) is 0 Å². The summed E-state index contributed by atoms with van der Waals surface area (Å²) in [4.78, 5) is 49.3. The Bertz CT molecular complexity index is 1790. The van der Waals surface area contributed by atoms with E-state index in [1.165, 1.54) is 32.1 Å². The molecule has 4 aliphatic rings. The van der Waals surface area contributed by atoms with Gasteiger partial charge in [-0.2, -0.15) is 0 Å². The highest BCUT2D eigenvalue weighted by Crippen LogP contribution is 2.43. The number of likely N-dealkylation sites (tertiary alicyclic amines) is 3. The number of amides is 3. The molecule has 3 heterocycles. The van der Waals surface area contributed by atoms with Crippen LogP contribution in [-0.4, -0.2) is 104 Å². The van der Waals surface area contributed by atoms with Crippen LogP contribution >= 0.6 is 0 Å². The maximum absolute atomic E-state index is 15.0. The SMILES string of the molecule is CS(=O)(=O)N[C@H]1C[C@@H](C(=O)N2CCC[C@@H]2C(=O)NC[C@H]2CCCN(CC3CCCCC3)C2)N(C(=O)CC(c2ccccc2)(c2ccccc2)c2ccccc2)C1. The van der Waals surface area contributed by atoms with Gasteiger partial charge in [0.15, 0.2) is 0 Å². The minimum Gasteiger partial charge on any atom is -0.354 e. The van der Waals surface area contributed by atoms with E-state index in [4.69, 9.17) is 0 Å². The van der Waals surface area contributed by atoms with Gasteiger partial charge in [0.1, 0.15) is 12.1 Å². The molecule has 3 saturated heterocycles. The van der Waals surface area contributed by atoms with E-state index in [2.05, 4.69) is 14.9 Å². The van der Waals surface area contributed by atoms with Crippen molar-refractivity contribution in [3.05, 3.63) is 108 Å². The fourth-order valence-electron chi connectivity index (χ4n) is 10.1. The van der Waals surface area contributed by atoms with Gasteiger partial charge < -0.3 is 20.0 Å². The summed E-state index contributed by atoms with van der Waals surface area (Å²) in [6, 6.07) is 27.7. The van der Waals surface area contributed by atoms with E-state index in [0.29, 0.717) is 31.8 Å². The molecule has 0 unspecified atom stereocenters. The minimum atomic E-state index is -3.62. The van der Waals surface area contributed by atoms with Gasteiger partial charge in [0, 0.05) is 45.2 Å². The van der Waals surface area contributed by atoms with Crippen molar-refractivity contribution < 1.29 is 22.8 Å². The van der Waals surface area contributed by atoms with Crippen molar-refractivity contribution in [2.24, 2.45) is 11.8 Å². The number of nitrogens with one attached hydrogen (secondary N) is 2. The predicted octanol–water partition coefficient (Wildman–Crippen LogP) is 5.33. The number of hydrogen-bond acceptors (Lipinski definition) is 6. The molecule has 11 heteroatoms. The summed E-state index contributed by atoms with van der Waals surface area (Å²) in [5.41, 5.74) is 1.91. The lowest BCUT2D eigenvalue weighted by molar-refractivity contribution is -0.146. The highest BCUT2D eigenvalue weighted by atomic mass is 32.2. The Balaban J connectivity index is 1.10. The zero-order valence-electron chi connectivity index (χ0n) is 32.9. The molecule has 10 nitrogen and oxygen atoms in total. The zero-order chi connectivity index (χ0) is 39.1. The molecule has 1 saturated carbocycles. The third-order valence-corrected chi connectivity index (χ3v) is 13.5. The molecule has 3 amide bonds. The molecule has 4 atom stereocenters. The van der Waals surface area contributed by atoms with E-state index in [-0.39, 0.29) is 37.1 Å². The fourth-order valence-corrected chi connectivity index (χ4v) is 10.9. The van der Waals surface area contributed by atoms with Gasteiger partial charge in [-0.3, -0.25) is 14.4 Å². The smallest absolute Gasteiger partial charge is 0.246 e. The van der Waals surface area contributed by atoms with E-state index >= 15 is 0 Å². The van der Waals surface area contributed by atoms with Gasteiger partial charge in [0.25, 0.3) is 0 Å². The molecule has 300 valence electrons. The number of rotatable bonds is 13. The molecule has 2 N–H and O–H groups in total. The fraction of sp³-hybridized carbons (Fsp3) is 0.533. The largest absolute Gasteiger partial charge is 0.354 e. The molecule has 0 aromatic heterocycles. The molecule has 0 bridgehead atoms. The first-order valence-electron chi connectivity index (χ1n) is 20.8. The summed E-state index contributed by atoms with van der Waals surface area (Å²) in [5, 5.41) is 3.22. The maximum atomic E-state index is 15.0. The topological polar surface area (TPSA) is 119 Å². The van der Waals surface area contributed by atoms with Crippen molar-refractivity contribution in [2.45, 2.75) is 94.2 Å². The summed E-state index contributed by atoms with van der Waals surface area (Å²) in [5.74, 6) is 0.476. The molecule has 3 aliphatic heterocycles. The Kier molecular flexibility index (Phi) is 12.9. The number of nitrogens with zero attached hydrogens (tertiary/aromatic N) is 3. The average Bonchev–Trinajstić information content (AvgIpc) is 3.88. The van der Waals surface area contributed by atoms with Crippen molar-refractivity contribution in [1.82, 2.24) is 24.7 Å². The lowest BCUT2D eigenvalue weighted by Gasteiger charge is -2.38. The van der Waals surface area contributed by atoms with Crippen molar-refractivity contribution in [3.8, 4) is 0 Å². The first-order valence-corrected chi connectivity index (χ1v) is 22.7. The van der Waals surface area contributed by atoms with E-state index in [1.54, 1.807) is 9.80 Å². The van der Waals surface area contributed by atoms with Crippen LogP contribution in [0, 0.1) is 11.8 Å². The van der Waals surface area contributed by atoms with E-state index in [0.717, 1.165) is 61.3 Å². The Labute approximate surface area is 333 Å². The van der Waals surface area contributed by atoms with Gasteiger partial charge in [-0.05, 0) is 80.0 Å². The third kappa shape index (κ3) is 9.38. The normalized spacial score (nSPS) is 23.9. The number of carbonyl (C=O) groups excluding carboxylic acids is 3. The number of piperidine rings is 1. The predicted molar refractivity (Wildman–Crippen MR) is 219 cm³/mol. The standard InChI is InChI=1S/C45H59N5O5S/c1-56(54,55)47-39-28-41(44(53)49-27-15-25-40(49)43(52)46-30-35-18-14-26-48(32-35)31-34-16-6-2-7-17-34)50(33-39)42(51)29-45(36-19-8-3-9-20-36,37-21-10-4-11-22-37)38-23-12-5-13-24-38/h3-5,8-13,19-24,34-35,39-41,47H,2,6-7,14-18,25-33H2,1H3,(H,46,52)/t35-,39+,40-,41+/m1/s1. The van der Waals surface area contributed by atoms with Gasteiger partial charge in [0.05, 0.1) is 11.7 Å². The summed E-state index contributed by atoms with van der Waals surface area (Å²) < 4.78 is 27.6. The molecule has 0 spiro atoms. The van der Waals surface area contributed by atoms with Crippen molar-refractivity contribution in [3.63, 3.8) is 0 Å². The van der Waals surface area contributed by atoms with E-state index in [1.807, 2.05) is 91.0 Å². The quantitative estimate of drug-likeness (QED) is 0.227. The van der Waals surface area contributed by atoms with Crippen LogP contribution in [0.3, 0.4) is 0 Å². The first kappa shape index (κ1) is 40.1. The molecule has 1 aliphatic carbocycles. The highest BCUT2D eigenvalue weighted by molar-refractivity contribution is 7.88. The van der Waals surface area contributed by atoms with E-state index in [9.17, 15) is 22.8 Å². The Hall–Kier alpha value is -4.06. The van der Waals surface area contributed by atoms with Gasteiger partial charge in [-0.1, -0.05) is 110 Å². The minimum absolute atomic E-state index is 0.0173. The van der Waals surface area contributed by atoms with Crippen LogP contribution in [0.25, 0.3) is 0 Å². The van der Waals surface area contributed by atoms with Crippen LogP contribution in [0.15, 0.2) is 91.0 Å². The first-order chi connectivity index (χ1) is 27.1. The average molecular weight is 782 g/mol. The molecule has 0 radical (unpaired) electrons. The van der Waals surface area contributed by atoms with Gasteiger partial charge >= 0.3 is 0 Å². The Morgan fingerprint density at radius 2 is 1.25 bits per heavy atom. The number of carbonyl (C=O) groups is 3. The van der Waals surface area contributed by atoms with Crippen LogP contribution < -0.4 is 10.0 Å². The number of benzene rings is 3. The molecule has 56 heavy (non-hydrogen) atoms. The Morgan fingerprint density at radius 3 is 1.84 bits per heavy atom. The van der Waals surface area contributed by atoms with Gasteiger partial charge in [0.2, 0.25) is 27.7 Å². The third-order valence-electron chi connectivity index (χ3n) is 12.8. The highest BCUT2D eigenvalue weighted by Gasteiger charge is 2.48. The van der Waals surface area contributed by atoms with Crippen LogP contribution in [-0.2, 0) is 29.8 Å². The second kappa shape index (κ2) is 18.0. The molecule has 3 aromatic rings. The van der Waals surface area contributed by atoms with Crippen molar-refractivity contribution in [1.29, 1.82) is 0 Å². The van der Waals surface area contributed by atoms with Gasteiger partial charge in [-0.25, -0.2) is 13.1 Å². The molecule has 3 aromatic carbocycles. The molecular weight excluding hydrogens is 723 g/mol. The second-order valence-electron chi connectivity index (χ2n) is 16.8. The molecular formula is C45H59N5O5S. The monoisotopic (exact) mass is 781 g/mol. The number of sulfonamides is 1.